The van der Waals surface area contributed by atoms with E-state index < -0.39 is 0 Å². The molecule has 0 aliphatic heterocycles. The van der Waals surface area contributed by atoms with Crippen molar-refractivity contribution in [3.8, 4) is 6.07 Å². The molecule has 0 bridgehead atoms. The second-order valence-electron chi connectivity index (χ2n) is 3.92. The molecule has 0 saturated carbocycles. The summed E-state index contributed by atoms with van der Waals surface area (Å²) in [7, 11) is 0. The fourth-order valence-electron chi connectivity index (χ4n) is 1.66. The molecule has 0 aliphatic carbocycles. The number of rotatable bonds is 5. The third-order valence-corrected chi connectivity index (χ3v) is 2.65. The van der Waals surface area contributed by atoms with Gasteiger partial charge in [0, 0.05) is 24.6 Å². The first-order valence-electron chi connectivity index (χ1n) is 5.75. The van der Waals surface area contributed by atoms with Gasteiger partial charge in [-0.3, -0.25) is 5.10 Å². The highest BCUT2D eigenvalue weighted by Crippen LogP contribution is 2.08. The lowest BCUT2D eigenvalue weighted by molar-refractivity contribution is 0.851. The van der Waals surface area contributed by atoms with Gasteiger partial charge in [0.2, 0.25) is 0 Å². The summed E-state index contributed by atoms with van der Waals surface area (Å²) in [4.78, 5) is 8.03. The summed E-state index contributed by atoms with van der Waals surface area (Å²) < 4.78 is 0. The number of aromatic nitrogens is 4. The number of hydrogen-bond acceptors (Lipinski definition) is 5. The first-order valence-corrected chi connectivity index (χ1v) is 5.75. The van der Waals surface area contributed by atoms with Crippen molar-refractivity contribution in [1.82, 2.24) is 20.2 Å². The van der Waals surface area contributed by atoms with Crippen molar-refractivity contribution in [1.29, 1.82) is 5.26 Å². The van der Waals surface area contributed by atoms with Gasteiger partial charge in [-0.1, -0.05) is 0 Å². The molecule has 0 radical (unpaired) electrons. The summed E-state index contributed by atoms with van der Waals surface area (Å²) in [6.07, 6.45) is 6.82. The Labute approximate surface area is 105 Å². The Hall–Kier alpha value is -2.42. The molecule has 6 heteroatoms. The smallest absolute Gasteiger partial charge is 0.182 e. The maximum absolute atomic E-state index is 8.86. The number of hydrogen-bond donors (Lipinski definition) is 2. The summed E-state index contributed by atoms with van der Waals surface area (Å²) in [6, 6.07) is 2.01. The van der Waals surface area contributed by atoms with Crippen LogP contribution in [0.4, 0.5) is 5.82 Å². The minimum Gasteiger partial charge on any atom is -0.368 e. The van der Waals surface area contributed by atoms with Crippen molar-refractivity contribution >= 4 is 5.82 Å². The van der Waals surface area contributed by atoms with Crippen LogP contribution in [-0.2, 0) is 6.42 Å². The van der Waals surface area contributed by atoms with E-state index in [1.807, 2.05) is 19.2 Å². The molecule has 0 fully saturated rings. The molecular formula is C12H14N6. The summed E-state index contributed by atoms with van der Waals surface area (Å²) in [6.45, 7) is 2.75. The fourth-order valence-corrected chi connectivity index (χ4v) is 1.66. The van der Waals surface area contributed by atoms with Crippen molar-refractivity contribution < 1.29 is 0 Å². The van der Waals surface area contributed by atoms with Crippen LogP contribution in [0.1, 0.15) is 23.4 Å². The van der Waals surface area contributed by atoms with Gasteiger partial charge >= 0.3 is 0 Å². The highest BCUT2D eigenvalue weighted by molar-refractivity contribution is 5.46. The third-order valence-electron chi connectivity index (χ3n) is 2.65. The van der Waals surface area contributed by atoms with Gasteiger partial charge in [-0.05, 0) is 25.3 Å². The van der Waals surface area contributed by atoms with Crippen LogP contribution < -0.4 is 5.32 Å². The summed E-state index contributed by atoms with van der Waals surface area (Å²) in [5.41, 5.74) is 2.65. The van der Waals surface area contributed by atoms with Crippen LogP contribution in [0, 0.1) is 18.3 Å². The maximum atomic E-state index is 8.86. The van der Waals surface area contributed by atoms with Crippen LogP contribution in [-0.4, -0.2) is 26.7 Å². The van der Waals surface area contributed by atoms with Gasteiger partial charge in [-0.2, -0.15) is 10.4 Å². The van der Waals surface area contributed by atoms with Gasteiger partial charge in [0.25, 0.3) is 0 Å². The normalized spacial score (nSPS) is 10.0. The van der Waals surface area contributed by atoms with E-state index in [0.717, 1.165) is 25.1 Å². The van der Waals surface area contributed by atoms with Gasteiger partial charge in [0.05, 0.1) is 6.20 Å². The topological polar surface area (TPSA) is 90.3 Å². The van der Waals surface area contributed by atoms with E-state index in [2.05, 4.69) is 25.5 Å². The van der Waals surface area contributed by atoms with Crippen molar-refractivity contribution in [3.63, 3.8) is 0 Å². The molecule has 2 rings (SSSR count). The molecule has 6 nitrogen and oxygen atoms in total. The Morgan fingerprint density at radius 2 is 2.22 bits per heavy atom. The minimum absolute atomic E-state index is 0.331. The molecule has 0 unspecified atom stereocenters. The predicted molar refractivity (Wildman–Crippen MR) is 66.9 cm³/mol. The van der Waals surface area contributed by atoms with Crippen LogP contribution in [0.15, 0.2) is 18.6 Å². The monoisotopic (exact) mass is 242 g/mol. The van der Waals surface area contributed by atoms with Gasteiger partial charge in [-0.15, -0.1) is 0 Å². The second kappa shape index (κ2) is 5.77. The number of aryl methyl sites for hydroxylation is 2. The zero-order valence-corrected chi connectivity index (χ0v) is 10.1. The molecule has 0 spiro atoms. The highest BCUT2D eigenvalue weighted by atomic mass is 15.1. The summed E-state index contributed by atoms with van der Waals surface area (Å²) in [5.74, 6) is 0.545. The lowest BCUT2D eigenvalue weighted by atomic mass is 10.1. The van der Waals surface area contributed by atoms with Crippen molar-refractivity contribution in [2.24, 2.45) is 0 Å². The van der Waals surface area contributed by atoms with Crippen LogP contribution in [0.2, 0.25) is 0 Å². The number of H-pyrrole nitrogens is 1. The Kier molecular flexibility index (Phi) is 3.86. The van der Waals surface area contributed by atoms with Crippen molar-refractivity contribution in [2.45, 2.75) is 19.8 Å². The largest absolute Gasteiger partial charge is 0.368 e. The SMILES string of the molecule is Cc1[nH]ncc1CCCNc1nccnc1C#N. The van der Waals surface area contributed by atoms with E-state index in [1.165, 1.54) is 11.8 Å². The number of aromatic amines is 1. The molecule has 0 amide bonds. The zero-order chi connectivity index (χ0) is 12.8. The minimum atomic E-state index is 0.331. The van der Waals surface area contributed by atoms with Crippen LogP contribution in [0.5, 0.6) is 0 Å². The average Bonchev–Trinajstić information content (AvgIpc) is 2.81. The van der Waals surface area contributed by atoms with Crippen molar-refractivity contribution in [2.75, 3.05) is 11.9 Å². The molecule has 18 heavy (non-hydrogen) atoms. The molecule has 92 valence electrons. The van der Waals surface area contributed by atoms with E-state index >= 15 is 0 Å². The molecule has 2 aromatic rings. The first kappa shape index (κ1) is 12.0. The summed E-state index contributed by atoms with van der Waals surface area (Å²) in [5, 5.41) is 18.9. The summed E-state index contributed by atoms with van der Waals surface area (Å²) >= 11 is 0. The second-order valence-corrected chi connectivity index (χ2v) is 3.92. The standard InChI is InChI=1S/C12H14N6/c1-9-10(8-17-18-9)3-2-4-15-12-11(7-13)14-5-6-16-12/h5-6,8H,2-4H2,1H3,(H,15,16)(H,17,18). The number of nitrogens with one attached hydrogen (secondary N) is 2. The van der Waals surface area contributed by atoms with E-state index in [0.29, 0.717) is 11.5 Å². The molecule has 2 heterocycles. The van der Waals surface area contributed by atoms with Crippen LogP contribution >= 0.6 is 0 Å². The Bertz CT molecular complexity index is 554. The lowest BCUT2D eigenvalue weighted by Crippen LogP contribution is -2.07. The number of nitrogens with zero attached hydrogens (tertiary/aromatic N) is 4. The van der Waals surface area contributed by atoms with E-state index in [1.54, 1.807) is 6.20 Å². The fraction of sp³-hybridized carbons (Fsp3) is 0.333. The Morgan fingerprint density at radius 1 is 1.39 bits per heavy atom. The van der Waals surface area contributed by atoms with Crippen LogP contribution in [0.3, 0.4) is 0 Å². The van der Waals surface area contributed by atoms with E-state index in [-0.39, 0.29) is 0 Å². The first-order chi connectivity index (χ1) is 8.81. The molecular weight excluding hydrogens is 228 g/mol. The van der Waals surface area contributed by atoms with Gasteiger partial charge in [0.1, 0.15) is 6.07 Å². The van der Waals surface area contributed by atoms with Gasteiger partial charge < -0.3 is 5.32 Å². The van der Waals surface area contributed by atoms with Crippen LogP contribution in [0.25, 0.3) is 0 Å². The number of anilines is 1. The van der Waals surface area contributed by atoms with E-state index in [9.17, 15) is 0 Å². The Morgan fingerprint density at radius 3 is 2.94 bits per heavy atom. The van der Waals surface area contributed by atoms with E-state index in [4.69, 9.17) is 5.26 Å². The average molecular weight is 242 g/mol. The molecule has 0 aromatic carbocycles. The lowest BCUT2D eigenvalue weighted by Gasteiger charge is -2.05. The molecule has 2 N–H and O–H groups in total. The predicted octanol–water partition coefficient (Wildman–Crippen LogP) is 1.42. The molecule has 0 saturated heterocycles. The quantitative estimate of drug-likeness (QED) is 0.774. The zero-order valence-electron chi connectivity index (χ0n) is 10.1. The van der Waals surface area contributed by atoms with Gasteiger partial charge in [-0.25, -0.2) is 9.97 Å². The molecule has 0 aliphatic rings. The third kappa shape index (κ3) is 2.83. The molecule has 2 aromatic heterocycles. The highest BCUT2D eigenvalue weighted by Gasteiger charge is 2.03. The maximum Gasteiger partial charge on any atom is 0.182 e. The van der Waals surface area contributed by atoms with Crippen molar-refractivity contribution in [3.05, 3.63) is 35.5 Å². The Balaban J connectivity index is 1.82. The van der Waals surface area contributed by atoms with Gasteiger partial charge in [0.15, 0.2) is 11.5 Å². The number of nitriles is 1. The molecule has 0 atom stereocenters.